The molecule has 0 bridgehead atoms. The number of hydrogen-bond donors (Lipinski definition) is 1. The standard InChI is InChI=1S/C21H23N5O2S/c1-13-24-25-21(29-13)15-2-3-16-10-22-19(9-17(16)8-15)23-20(27)14-4-6-26(7-5-14)18-11-28-12-18/h2-3,8-10,14,18H,4-7,11-12H2,1H3,(H,22,23,27). The lowest BCUT2D eigenvalue weighted by atomic mass is 9.94. The van der Waals surface area contributed by atoms with Crippen molar-refractivity contribution in [3.63, 3.8) is 0 Å². The van der Waals surface area contributed by atoms with Gasteiger partial charge in [-0.25, -0.2) is 4.98 Å². The number of fused-ring (bicyclic) bond motifs is 1. The summed E-state index contributed by atoms with van der Waals surface area (Å²) in [5, 5.41) is 15.2. The Bertz CT molecular complexity index is 1040. The van der Waals surface area contributed by atoms with Gasteiger partial charge in [-0.3, -0.25) is 9.69 Å². The molecule has 2 aromatic heterocycles. The van der Waals surface area contributed by atoms with Crippen molar-refractivity contribution >= 4 is 33.8 Å². The maximum atomic E-state index is 12.7. The quantitative estimate of drug-likeness (QED) is 0.713. The molecule has 7 nitrogen and oxygen atoms in total. The number of carbonyl (C=O) groups is 1. The van der Waals surface area contributed by atoms with Crippen LogP contribution in [-0.4, -0.2) is 58.3 Å². The first-order valence-electron chi connectivity index (χ1n) is 9.99. The molecule has 8 heteroatoms. The molecule has 0 spiro atoms. The molecule has 5 rings (SSSR count). The summed E-state index contributed by atoms with van der Waals surface area (Å²) in [5.74, 6) is 0.709. The van der Waals surface area contributed by atoms with Crippen LogP contribution in [0.3, 0.4) is 0 Å². The second-order valence-electron chi connectivity index (χ2n) is 7.75. The van der Waals surface area contributed by atoms with Crippen molar-refractivity contribution in [2.45, 2.75) is 25.8 Å². The van der Waals surface area contributed by atoms with Gasteiger partial charge in [0, 0.05) is 23.1 Å². The molecule has 150 valence electrons. The van der Waals surface area contributed by atoms with Crippen LogP contribution in [0.5, 0.6) is 0 Å². The Balaban J connectivity index is 1.28. The first-order valence-corrected chi connectivity index (χ1v) is 10.8. The predicted octanol–water partition coefficient (Wildman–Crippen LogP) is 3.11. The topological polar surface area (TPSA) is 80.2 Å². The van der Waals surface area contributed by atoms with E-state index in [1.807, 2.05) is 25.1 Å². The molecule has 0 unspecified atom stereocenters. The van der Waals surface area contributed by atoms with E-state index in [-0.39, 0.29) is 11.8 Å². The fraction of sp³-hybridized carbons (Fsp3) is 0.429. The largest absolute Gasteiger partial charge is 0.378 e. The van der Waals surface area contributed by atoms with Gasteiger partial charge in [0.15, 0.2) is 0 Å². The number of pyridine rings is 1. The van der Waals surface area contributed by atoms with E-state index in [0.717, 1.165) is 65.5 Å². The number of benzene rings is 1. The van der Waals surface area contributed by atoms with Crippen LogP contribution in [0, 0.1) is 12.8 Å². The summed E-state index contributed by atoms with van der Waals surface area (Å²) in [6.45, 7) is 5.53. The number of rotatable bonds is 4. The minimum absolute atomic E-state index is 0.0421. The molecule has 1 aromatic carbocycles. The molecule has 29 heavy (non-hydrogen) atoms. The Labute approximate surface area is 173 Å². The molecular weight excluding hydrogens is 386 g/mol. The number of aromatic nitrogens is 3. The van der Waals surface area contributed by atoms with E-state index in [2.05, 4.69) is 31.5 Å². The van der Waals surface area contributed by atoms with Crippen molar-refractivity contribution < 1.29 is 9.53 Å². The second-order valence-corrected chi connectivity index (χ2v) is 8.93. The van der Waals surface area contributed by atoms with E-state index >= 15 is 0 Å². The second kappa shape index (κ2) is 7.78. The summed E-state index contributed by atoms with van der Waals surface area (Å²) >= 11 is 1.57. The summed E-state index contributed by atoms with van der Waals surface area (Å²) in [4.78, 5) is 19.6. The smallest absolute Gasteiger partial charge is 0.228 e. The normalized spacial score (nSPS) is 18.7. The molecule has 2 aliphatic heterocycles. The fourth-order valence-electron chi connectivity index (χ4n) is 3.94. The van der Waals surface area contributed by atoms with Crippen LogP contribution in [0.25, 0.3) is 21.3 Å². The lowest BCUT2D eigenvalue weighted by molar-refractivity contribution is -0.123. The molecule has 0 aliphatic carbocycles. The Morgan fingerprint density at radius 2 is 2.00 bits per heavy atom. The van der Waals surface area contributed by atoms with Crippen molar-refractivity contribution in [3.05, 3.63) is 35.5 Å². The fourth-order valence-corrected chi connectivity index (χ4v) is 4.63. The summed E-state index contributed by atoms with van der Waals surface area (Å²) in [7, 11) is 0. The van der Waals surface area contributed by atoms with Crippen molar-refractivity contribution in [1.29, 1.82) is 0 Å². The van der Waals surface area contributed by atoms with Crippen molar-refractivity contribution in [2.75, 3.05) is 31.6 Å². The van der Waals surface area contributed by atoms with E-state index in [1.165, 1.54) is 0 Å². The van der Waals surface area contributed by atoms with Crippen LogP contribution in [-0.2, 0) is 9.53 Å². The molecule has 4 heterocycles. The zero-order valence-electron chi connectivity index (χ0n) is 16.3. The number of nitrogens with one attached hydrogen (secondary N) is 1. The number of ether oxygens (including phenoxy) is 1. The Morgan fingerprint density at radius 3 is 2.69 bits per heavy atom. The molecule has 0 saturated carbocycles. The van der Waals surface area contributed by atoms with E-state index in [4.69, 9.17) is 4.74 Å². The number of likely N-dealkylation sites (tertiary alicyclic amines) is 1. The van der Waals surface area contributed by atoms with Crippen LogP contribution < -0.4 is 5.32 Å². The van der Waals surface area contributed by atoms with Gasteiger partial charge in [-0.05, 0) is 50.4 Å². The third-order valence-electron chi connectivity index (χ3n) is 5.78. The minimum atomic E-state index is 0.0421. The highest BCUT2D eigenvalue weighted by molar-refractivity contribution is 7.14. The van der Waals surface area contributed by atoms with E-state index in [1.54, 1.807) is 17.5 Å². The summed E-state index contributed by atoms with van der Waals surface area (Å²) in [6, 6.07) is 8.62. The molecule has 2 fully saturated rings. The van der Waals surface area contributed by atoms with Gasteiger partial charge >= 0.3 is 0 Å². The lowest BCUT2D eigenvalue weighted by Crippen LogP contribution is -2.52. The zero-order chi connectivity index (χ0) is 19.8. The molecular formula is C21H23N5O2S. The highest BCUT2D eigenvalue weighted by Crippen LogP contribution is 2.28. The molecule has 0 radical (unpaired) electrons. The van der Waals surface area contributed by atoms with Crippen LogP contribution in [0.15, 0.2) is 30.5 Å². The Kier molecular flexibility index (Phi) is 4.99. The molecule has 3 aromatic rings. The monoisotopic (exact) mass is 409 g/mol. The molecule has 1 amide bonds. The number of anilines is 1. The minimum Gasteiger partial charge on any atom is -0.378 e. The SMILES string of the molecule is Cc1nnc(-c2ccc3cnc(NC(=O)C4CCN(C5COC5)CC4)cc3c2)s1. The number of amides is 1. The third-order valence-corrected chi connectivity index (χ3v) is 6.67. The first-order chi connectivity index (χ1) is 14.2. The summed E-state index contributed by atoms with van der Waals surface area (Å²) in [5.41, 5.74) is 1.03. The van der Waals surface area contributed by atoms with Gasteiger partial charge < -0.3 is 10.1 Å². The highest BCUT2D eigenvalue weighted by Gasteiger charge is 2.32. The van der Waals surface area contributed by atoms with Gasteiger partial charge in [0.2, 0.25) is 5.91 Å². The molecule has 1 N–H and O–H groups in total. The van der Waals surface area contributed by atoms with Gasteiger partial charge in [-0.1, -0.05) is 23.5 Å². The van der Waals surface area contributed by atoms with Crippen LogP contribution in [0.2, 0.25) is 0 Å². The third kappa shape index (κ3) is 3.88. The average Bonchev–Trinajstić information content (AvgIpc) is 3.13. The van der Waals surface area contributed by atoms with Gasteiger partial charge in [0.25, 0.3) is 0 Å². The summed E-state index contributed by atoms with van der Waals surface area (Å²) in [6.07, 6.45) is 3.58. The number of piperidine rings is 1. The maximum absolute atomic E-state index is 12.7. The number of carbonyl (C=O) groups excluding carboxylic acids is 1. The number of aryl methyl sites for hydroxylation is 1. The maximum Gasteiger partial charge on any atom is 0.228 e. The Hall–Kier alpha value is -2.42. The van der Waals surface area contributed by atoms with E-state index in [0.29, 0.717) is 11.9 Å². The van der Waals surface area contributed by atoms with Crippen molar-refractivity contribution in [3.8, 4) is 10.6 Å². The van der Waals surface area contributed by atoms with Crippen LogP contribution in [0.1, 0.15) is 17.8 Å². The van der Waals surface area contributed by atoms with Gasteiger partial charge in [-0.15, -0.1) is 10.2 Å². The van der Waals surface area contributed by atoms with E-state index < -0.39 is 0 Å². The highest BCUT2D eigenvalue weighted by atomic mass is 32.1. The molecule has 0 atom stereocenters. The lowest BCUT2D eigenvalue weighted by Gasteiger charge is -2.41. The van der Waals surface area contributed by atoms with Crippen LogP contribution >= 0.6 is 11.3 Å². The number of hydrogen-bond acceptors (Lipinski definition) is 7. The van der Waals surface area contributed by atoms with E-state index in [9.17, 15) is 4.79 Å². The molecule has 2 saturated heterocycles. The summed E-state index contributed by atoms with van der Waals surface area (Å²) < 4.78 is 5.28. The first kappa shape index (κ1) is 18.6. The number of nitrogens with zero attached hydrogens (tertiary/aromatic N) is 4. The van der Waals surface area contributed by atoms with Gasteiger partial charge in [0.1, 0.15) is 15.8 Å². The van der Waals surface area contributed by atoms with Gasteiger partial charge in [-0.2, -0.15) is 0 Å². The predicted molar refractivity (Wildman–Crippen MR) is 113 cm³/mol. The molecule has 2 aliphatic rings. The van der Waals surface area contributed by atoms with Crippen molar-refractivity contribution in [2.24, 2.45) is 5.92 Å². The van der Waals surface area contributed by atoms with Gasteiger partial charge in [0.05, 0.1) is 19.3 Å². The average molecular weight is 410 g/mol. The van der Waals surface area contributed by atoms with Crippen LogP contribution in [0.4, 0.5) is 5.82 Å². The Morgan fingerprint density at radius 1 is 1.17 bits per heavy atom. The van der Waals surface area contributed by atoms with Crippen molar-refractivity contribution in [1.82, 2.24) is 20.1 Å². The zero-order valence-corrected chi connectivity index (χ0v) is 17.1.